The van der Waals surface area contributed by atoms with Gasteiger partial charge in [-0.2, -0.15) is 0 Å². The van der Waals surface area contributed by atoms with E-state index < -0.39 is 26.5 Å². The predicted octanol–water partition coefficient (Wildman–Crippen LogP) is 6.99. The van der Waals surface area contributed by atoms with Gasteiger partial charge in [0.05, 0.1) is 13.2 Å². The number of phosphoric ester groups is 1. The number of unbranched alkanes of at least 4 members (excludes halogenated alkanes) is 15. The zero-order valence-corrected chi connectivity index (χ0v) is 25.1. The van der Waals surface area contributed by atoms with Crippen LogP contribution in [0, 0.1) is 0 Å². The van der Waals surface area contributed by atoms with Gasteiger partial charge in [0.1, 0.15) is 6.61 Å². The molecule has 0 saturated heterocycles. The van der Waals surface area contributed by atoms with Crippen LogP contribution in [0.5, 0.6) is 0 Å². The second-order valence-corrected chi connectivity index (χ2v) is 11.4. The summed E-state index contributed by atoms with van der Waals surface area (Å²) in [6.07, 6.45) is 18.7. The van der Waals surface area contributed by atoms with Crippen LogP contribution in [-0.2, 0) is 32.7 Å². The number of phosphoric acid groups is 1. The zero-order valence-electron chi connectivity index (χ0n) is 24.2. The number of carbonyl (C=O) groups excluding carboxylic acids is 2. The van der Waals surface area contributed by atoms with E-state index in [1.54, 1.807) is 0 Å². The molecule has 10 heteroatoms. The molecule has 0 aliphatic rings. The number of carbonyl (C=O) groups is 2. The fraction of sp³-hybridized carbons (Fsp3) is 0.929. The van der Waals surface area contributed by atoms with Crippen LogP contribution in [0.15, 0.2) is 0 Å². The van der Waals surface area contributed by atoms with Crippen LogP contribution in [0.1, 0.15) is 136 Å². The number of nitrogens with two attached hydrogens (primary N) is 1. The minimum Gasteiger partial charge on any atom is -0.462 e. The Labute approximate surface area is 231 Å². The maximum Gasteiger partial charge on any atom is 0.472 e. The lowest BCUT2D eigenvalue weighted by molar-refractivity contribution is -0.161. The quantitative estimate of drug-likeness (QED) is 0.0585. The molecule has 2 atom stereocenters. The van der Waals surface area contributed by atoms with E-state index in [9.17, 15) is 19.0 Å². The van der Waals surface area contributed by atoms with Crippen molar-refractivity contribution in [3.63, 3.8) is 0 Å². The molecule has 0 heterocycles. The first kappa shape index (κ1) is 37.0. The Morgan fingerprint density at radius 1 is 0.684 bits per heavy atom. The summed E-state index contributed by atoms with van der Waals surface area (Å²) in [5.41, 5.74) is 5.29. The standard InChI is InChI=1S/C28H56NO8P/c1-3-5-7-9-11-13-15-16-18-20-27(30)34-24-26(25-36-38(32,33)35-23-22-29)37-28(31)21-19-17-14-12-10-8-6-4-2/h26H,3-25,29H2,1-2H3,(H,32,33)/t26-/m1/s1. The van der Waals surface area contributed by atoms with E-state index >= 15 is 0 Å². The number of esters is 2. The molecule has 9 nitrogen and oxygen atoms in total. The molecule has 0 amide bonds. The van der Waals surface area contributed by atoms with E-state index in [1.807, 2.05) is 0 Å². The van der Waals surface area contributed by atoms with Crippen molar-refractivity contribution >= 4 is 19.8 Å². The Morgan fingerprint density at radius 3 is 1.61 bits per heavy atom. The first-order valence-corrected chi connectivity index (χ1v) is 16.5. The monoisotopic (exact) mass is 565 g/mol. The van der Waals surface area contributed by atoms with Crippen molar-refractivity contribution < 1.29 is 37.6 Å². The van der Waals surface area contributed by atoms with Crippen molar-refractivity contribution in [3.8, 4) is 0 Å². The molecular formula is C28H56NO8P. The van der Waals surface area contributed by atoms with Crippen molar-refractivity contribution in [2.75, 3.05) is 26.4 Å². The van der Waals surface area contributed by atoms with Gasteiger partial charge in [-0.05, 0) is 12.8 Å². The Balaban J connectivity index is 4.35. The van der Waals surface area contributed by atoms with Crippen molar-refractivity contribution in [1.29, 1.82) is 0 Å². The summed E-state index contributed by atoms with van der Waals surface area (Å²) in [6, 6.07) is 0. The van der Waals surface area contributed by atoms with Crippen molar-refractivity contribution in [3.05, 3.63) is 0 Å². The van der Waals surface area contributed by atoms with Gasteiger partial charge in [0.25, 0.3) is 0 Å². The van der Waals surface area contributed by atoms with Crippen molar-refractivity contribution in [1.82, 2.24) is 0 Å². The van der Waals surface area contributed by atoms with Crippen LogP contribution in [-0.4, -0.2) is 49.3 Å². The largest absolute Gasteiger partial charge is 0.472 e. The minimum atomic E-state index is -4.35. The maximum atomic E-state index is 12.3. The topological polar surface area (TPSA) is 134 Å². The van der Waals surface area contributed by atoms with Gasteiger partial charge >= 0.3 is 19.8 Å². The summed E-state index contributed by atoms with van der Waals surface area (Å²) in [5, 5.41) is 0. The van der Waals surface area contributed by atoms with E-state index in [0.29, 0.717) is 6.42 Å². The molecule has 0 aliphatic carbocycles. The van der Waals surface area contributed by atoms with Gasteiger partial charge in [-0.1, -0.05) is 110 Å². The summed E-state index contributed by atoms with van der Waals surface area (Å²) in [4.78, 5) is 34.2. The number of hydrogen-bond donors (Lipinski definition) is 2. The van der Waals surface area contributed by atoms with Crippen molar-refractivity contribution in [2.24, 2.45) is 5.73 Å². The average molecular weight is 566 g/mol. The van der Waals surface area contributed by atoms with Crippen LogP contribution in [0.3, 0.4) is 0 Å². The molecule has 0 aromatic rings. The third-order valence-electron chi connectivity index (χ3n) is 6.24. The van der Waals surface area contributed by atoms with E-state index in [-0.39, 0.29) is 38.6 Å². The Kier molecular flexibility index (Phi) is 25.6. The zero-order chi connectivity index (χ0) is 28.3. The summed E-state index contributed by atoms with van der Waals surface area (Å²) >= 11 is 0. The van der Waals surface area contributed by atoms with Crippen LogP contribution in [0.4, 0.5) is 0 Å². The molecule has 0 radical (unpaired) electrons. The fourth-order valence-electron chi connectivity index (χ4n) is 3.98. The highest BCUT2D eigenvalue weighted by Crippen LogP contribution is 2.43. The SMILES string of the molecule is CCCCCCCCCCCC(=O)OC[C@H](COP(=O)(O)OCCN)OC(=O)CCCCCCCCCC. The lowest BCUT2D eigenvalue weighted by Gasteiger charge is -2.19. The van der Waals surface area contributed by atoms with Crippen molar-refractivity contribution in [2.45, 2.75) is 142 Å². The second kappa shape index (κ2) is 26.2. The van der Waals surface area contributed by atoms with E-state index in [2.05, 4.69) is 13.8 Å². The first-order chi connectivity index (χ1) is 18.3. The predicted molar refractivity (Wildman–Crippen MR) is 151 cm³/mol. The number of rotatable bonds is 28. The molecule has 38 heavy (non-hydrogen) atoms. The molecule has 0 aliphatic heterocycles. The normalized spacial score (nSPS) is 13.7. The third-order valence-corrected chi connectivity index (χ3v) is 7.23. The molecule has 0 spiro atoms. The summed E-state index contributed by atoms with van der Waals surface area (Å²) < 4.78 is 32.3. The number of ether oxygens (including phenoxy) is 2. The molecule has 0 aromatic heterocycles. The molecule has 0 aromatic carbocycles. The van der Waals surface area contributed by atoms with Gasteiger partial charge in [-0.25, -0.2) is 4.57 Å². The highest BCUT2D eigenvalue weighted by Gasteiger charge is 2.25. The molecule has 0 saturated carbocycles. The summed E-state index contributed by atoms with van der Waals surface area (Å²) in [7, 11) is -4.35. The van der Waals surface area contributed by atoms with Gasteiger partial charge in [-0.3, -0.25) is 18.6 Å². The van der Waals surface area contributed by atoms with Gasteiger partial charge in [0.15, 0.2) is 6.10 Å². The van der Waals surface area contributed by atoms with Crippen LogP contribution in [0.2, 0.25) is 0 Å². The minimum absolute atomic E-state index is 0.0569. The fourth-order valence-corrected chi connectivity index (χ4v) is 4.75. The van der Waals surface area contributed by atoms with Gasteiger partial charge in [0.2, 0.25) is 0 Å². The van der Waals surface area contributed by atoms with E-state index in [4.69, 9.17) is 24.3 Å². The average Bonchev–Trinajstić information content (AvgIpc) is 2.89. The third kappa shape index (κ3) is 25.3. The maximum absolute atomic E-state index is 12.3. The molecule has 3 N–H and O–H groups in total. The summed E-state index contributed by atoms with van der Waals surface area (Å²) in [5.74, 6) is -0.834. The van der Waals surface area contributed by atoms with E-state index in [0.717, 1.165) is 38.5 Å². The summed E-state index contributed by atoms with van der Waals surface area (Å²) in [6.45, 7) is 3.64. The molecule has 0 fully saturated rings. The van der Waals surface area contributed by atoms with Crippen LogP contribution >= 0.6 is 7.82 Å². The molecule has 0 bridgehead atoms. The van der Waals surface area contributed by atoms with Crippen LogP contribution in [0.25, 0.3) is 0 Å². The lowest BCUT2D eigenvalue weighted by atomic mass is 10.1. The van der Waals surface area contributed by atoms with Gasteiger partial charge in [0, 0.05) is 19.4 Å². The highest BCUT2D eigenvalue weighted by atomic mass is 31.2. The van der Waals surface area contributed by atoms with Crippen LogP contribution < -0.4 is 5.73 Å². The molecular weight excluding hydrogens is 509 g/mol. The molecule has 1 unspecified atom stereocenters. The Morgan fingerprint density at radius 2 is 1.13 bits per heavy atom. The Bertz CT molecular complexity index is 620. The van der Waals surface area contributed by atoms with Gasteiger partial charge in [-0.15, -0.1) is 0 Å². The molecule has 226 valence electrons. The highest BCUT2D eigenvalue weighted by molar-refractivity contribution is 7.47. The smallest absolute Gasteiger partial charge is 0.462 e. The lowest BCUT2D eigenvalue weighted by Crippen LogP contribution is -2.29. The molecule has 0 rings (SSSR count). The first-order valence-electron chi connectivity index (χ1n) is 15.0. The Hall–Kier alpha value is -0.990. The van der Waals surface area contributed by atoms with E-state index in [1.165, 1.54) is 64.2 Å². The second-order valence-electron chi connectivity index (χ2n) is 9.98. The van der Waals surface area contributed by atoms with Gasteiger partial charge < -0.3 is 20.1 Å². The number of hydrogen-bond acceptors (Lipinski definition) is 8.